The molecular formula is C11H11BrOS2. The van der Waals surface area contributed by atoms with Crippen LogP contribution in [0.3, 0.4) is 0 Å². The molecule has 2 heterocycles. The fourth-order valence-corrected chi connectivity index (χ4v) is 3.77. The number of rotatable bonds is 3. The first-order valence-corrected chi connectivity index (χ1v) is 7.14. The lowest BCUT2D eigenvalue weighted by molar-refractivity contribution is 0.427. The van der Waals surface area contributed by atoms with Crippen molar-refractivity contribution in [2.24, 2.45) is 0 Å². The summed E-state index contributed by atoms with van der Waals surface area (Å²) in [4.78, 5) is 2.92. The van der Waals surface area contributed by atoms with Crippen LogP contribution >= 0.6 is 38.6 Å². The van der Waals surface area contributed by atoms with Crippen LogP contribution in [0.1, 0.15) is 20.1 Å². The topological polar surface area (TPSA) is 9.23 Å². The summed E-state index contributed by atoms with van der Waals surface area (Å²) in [6.45, 7) is 2.13. The Kier molecular flexibility index (Phi) is 3.49. The van der Waals surface area contributed by atoms with E-state index in [1.54, 1.807) is 29.8 Å². The second-order valence-corrected chi connectivity index (χ2v) is 6.32. The van der Waals surface area contributed by atoms with Gasteiger partial charge in [0.2, 0.25) is 0 Å². The second-order valence-electron chi connectivity index (χ2n) is 3.21. The molecule has 1 unspecified atom stereocenters. The van der Waals surface area contributed by atoms with Crippen LogP contribution in [-0.4, -0.2) is 7.11 Å². The van der Waals surface area contributed by atoms with Crippen LogP contribution in [0.2, 0.25) is 0 Å². The average Bonchev–Trinajstić information content (AvgIpc) is 2.84. The van der Waals surface area contributed by atoms with Crippen molar-refractivity contribution in [3.8, 4) is 5.06 Å². The van der Waals surface area contributed by atoms with E-state index in [0.717, 1.165) is 5.06 Å². The quantitative estimate of drug-likeness (QED) is 0.752. The van der Waals surface area contributed by atoms with E-state index < -0.39 is 0 Å². The van der Waals surface area contributed by atoms with E-state index >= 15 is 0 Å². The van der Waals surface area contributed by atoms with Crippen LogP contribution in [0.25, 0.3) is 0 Å². The third kappa shape index (κ3) is 2.44. The van der Waals surface area contributed by atoms with E-state index in [9.17, 15) is 0 Å². The number of hydrogen-bond acceptors (Lipinski definition) is 3. The van der Waals surface area contributed by atoms with E-state index in [1.807, 2.05) is 6.07 Å². The van der Waals surface area contributed by atoms with Gasteiger partial charge >= 0.3 is 0 Å². The first-order chi connectivity index (χ1) is 7.20. The Morgan fingerprint density at radius 3 is 2.73 bits per heavy atom. The minimum absolute atomic E-state index is 0.288. The molecule has 15 heavy (non-hydrogen) atoms. The van der Waals surface area contributed by atoms with Crippen LogP contribution in [0.4, 0.5) is 0 Å². The van der Waals surface area contributed by atoms with Crippen molar-refractivity contribution in [1.29, 1.82) is 0 Å². The summed E-state index contributed by atoms with van der Waals surface area (Å²) >= 11 is 7.18. The number of aryl methyl sites for hydroxylation is 1. The summed E-state index contributed by atoms with van der Waals surface area (Å²) in [5.74, 6) is 0. The number of ether oxygens (including phenoxy) is 1. The second kappa shape index (κ2) is 4.68. The third-order valence-electron chi connectivity index (χ3n) is 2.10. The Labute approximate surface area is 106 Å². The van der Waals surface area contributed by atoms with E-state index in [0.29, 0.717) is 0 Å². The van der Waals surface area contributed by atoms with Gasteiger partial charge in [-0.25, -0.2) is 0 Å². The molecule has 0 amide bonds. The summed E-state index contributed by atoms with van der Waals surface area (Å²) in [6.07, 6.45) is 0. The molecule has 0 fully saturated rings. The van der Waals surface area contributed by atoms with Crippen molar-refractivity contribution in [2.75, 3.05) is 7.11 Å². The molecule has 0 saturated carbocycles. The molecule has 0 aromatic carbocycles. The lowest BCUT2D eigenvalue weighted by Crippen LogP contribution is -1.85. The smallest absolute Gasteiger partial charge is 0.173 e. The fourth-order valence-electron chi connectivity index (χ4n) is 1.34. The van der Waals surface area contributed by atoms with Gasteiger partial charge in [-0.2, -0.15) is 0 Å². The predicted octanol–water partition coefficient (Wildman–Crippen LogP) is 4.61. The van der Waals surface area contributed by atoms with Crippen LogP contribution in [-0.2, 0) is 0 Å². The lowest BCUT2D eigenvalue weighted by Gasteiger charge is -2.03. The van der Waals surface area contributed by atoms with E-state index in [-0.39, 0.29) is 4.83 Å². The summed E-state index contributed by atoms with van der Waals surface area (Å²) in [6, 6.07) is 6.33. The van der Waals surface area contributed by atoms with Gasteiger partial charge in [-0.1, -0.05) is 15.9 Å². The van der Waals surface area contributed by atoms with Crippen LogP contribution in [0.15, 0.2) is 23.6 Å². The predicted molar refractivity (Wildman–Crippen MR) is 70.7 cm³/mol. The Balaban J connectivity index is 2.23. The zero-order valence-electron chi connectivity index (χ0n) is 8.49. The van der Waals surface area contributed by atoms with Gasteiger partial charge < -0.3 is 4.74 Å². The fraction of sp³-hybridized carbons (Fsp3) is 0.273. The summed E-state index contributed by atoms with van der Waals surface area (Å²) < 4.78 is 5.19. The molecule has 4 heteroatoms. The van der Waals surface area contributed by atoms with Gasteiger partial charge in [-0.3, -0.25) is 0 Å². The molecule has 0 aliphatic carbocycles. The largest absolute Gasteiger partial charge is 0.487 e. The van der Waals surface area contributed by atoms with E-state index in [1.165, 1.54) is 15.3 Å². The number of hydrogen-bond donors (Lipinski definition) is 0. The lowest BCUT2D eigenvalue weighted by atomic mass is 10.2. The van der Waals surface area contributed by atoms with Gasteiger partial charge in [-0.15, -0.1) is 22.7 Å². The maximum atomic E-state index is 5.19. The van der Waals surface area contributed by atoms with Crippen molar-refractivity contribution in [1.82, 2.24) is 0 Å². The first kappa shape index (κ1) is 11.2. The first-order valence-electron chi connectivity index (χ1n) is 4.53. The van der Waals surface area contributed by atoms with Crippen molar-refractivity contribution < 1.29 is 4.74 Å². The molecule has 0 saturated heterocycles. The number of alkyl halides is 1. The van der Waals surface area contributed by atoms with Gasteiger partial charge in [0.25, 0.3) is 0 Å². The Morgan fingerprint density at radius 1 is 1.40 bits per heavy atom. The zero-order valence-corrected chi connectivity index (χ0v) is 11.7. The zero-order chi connectivity index (χ0) is 10.8. The maximum absolute atomic E-state index is 5.19. The molecular weight excluding hydrogens is 292 g/mol. The van der Waals surface area contributed by atoms with Gasteiger partial charge in [0.15, 0.2) is 5.06 Å². The molecule has 1 nitrogen and oxygen atoms in total. The molecule has 0 bridgehead atoms. The van der Waals surface area contributed by atoms with E-state index in [2.05, 4.69) is 40.4 Å². The molecule has 0 aliphatic rings. The highest BCUT2D eigenvalue weighted by atomic mass is 79.9. The van der Waals surface area contributed by atoms with Gasteiger partial charge in [-0.05, 0) is 36.1 Å². The van der Waals surface area contributed by atoms with Crippen molar-refractivity contribution in [3.63, 3.8) is 0 Å². The summed E-state index contributed by atoms with van der Waals surface area (Å²) in [5, 5.41) is 3.16. The van der Waals surface area contributed by atoms with Crippen molar-refractivity contribution >= 4 is 38.6 Å². The van der Waals surface area contributed by atoms with Gasteiger partial charge in [0.1, 0.15) is 0 Å². The van der Waals surface area contributed by atoms with Gasteiger partial charge in [0.05, 0.1) is 11.9 Å². The van der Waals surface area contributed by atoms with Crippen LogP contribution < -0.4 is 4.74 Å². The number of methoxy groups -OCH3 is 1. The Morgan fingerprint density at radius 2 is 2.20 bits per heavy atom. The number of thiophene rings is 2. The number of halogens is 1. The highest BCUT2D eigenvalue weighted by Gasteiger charge is 2.14. The molecule has 1 atom stereocenters. The molecule has 0 spiro atoms. The Bertz CT molecular complexity index is 447. The molecule has 0 N–H and O–H groups in total. The highest BCUT2D eigenvalue weighted by Crippen LogP contribution is 2.39. The minimum Gasteiger partial charge on any atom is -0.487 e. The molecule has 2 rings (SSSR count). The molecule has 80 valence electrons. The van der Waals surface area contributed by atoms with E-state index in [4.69, 9.17) is 4.74 Å². The van der Waals surface area contributed by atoms with Crippen molar-refractivity contribution in [2.45, 2.75) is 11.8 Å². The van der Waals surface area contributed by atoms with Crippen LogP contribution in [0.5, 0.6) is 5.06 Å². The third-order valence-corrected chi connectivity index (χ3v) is 5.41. The molecule has 0 radical (unpaired) electrons. The van der Waals surface area contributed by atoms with Gasteiger partial charge in [0, 0.05) is 9.75 Å². The Hall–Kier alpha value is -0.320. The highest BCUT2D eigenvalue weighted by molar-refractivity contribution is 9.09. The SMILES string of the molecule is COc1ccc(C(Br)c2csc(C)c2)s1. The average molecular weight is 303 g/mol. The molecule has 2 aromatic rings. The maximum Gasteiger partial charge on any atom is 0.173 e. The monoisotopic (exact) mass is 302 g/mol. The van der Waals surface area contributed by atoms with Crippen molar-refractivity contribution in [3.05, 3.63) is 38.9 Å². The standard InChI is InChI=1S/C11H11BrOS2/c1-7-5-8(6-14-7)11(12)9-3-4-10(13-2)15-9/h3-6,11H,1-2H3. The molecule has 0 aliphatic heterocycles. The summed E-state index contributed by atoms with van der Waals surface area (Å²) in [7, 11) is 1.70. The summed E-state index contributed by atoms with van der Waals surface area (Å²) in [5.41, 5.74) is 1.32. The molecule has 2 aromatic heterocycles. The van der Waals surface area contributed by atoms with Crippen LogP contribution in [0, 0.1) is 6.92 Å². The minimum atomic E-state index is 0.288. The normalized spacial score (nSPS) is 12.7.